The minimum Gasteiger partial charge on any atom is -0.508 e. The summed E-state index contributed by atoms with van der Waals surface area (Å²) in [6.45, 7) is 4.33. The number of aromatic nitrogens is 1. The van der Waals surface area contributed by atoms with Crippen molar-refractivity contribution in [3.05, 3.63) is 127 Å². The number of nitrogens with zero attached hydrogens (tertiary/aromatic N) is 5. The number of hydrogen-bond donors (Lipinski definition) is 2. The summed E-state index contributed by atoms with van der Waals surface area (Å²) in [7, 11) is -3.36. The number of carbonyl (C=O) groups is 3. The molecule has 2 aliphatic rings. The van der Waals surface area contributed by atoms with Crippen molar-refractivity contribution in [3.63, 3.8) is 0 Å². The molecular formula is C37H38N6O6S. The molecule has 2 N–H and O–H groups in total. The van der Waals surface area contributed by atoms with Crippen LogP contribution in [0.5, 0.6) is 5.75 Å². The van der Waals surface area contributed by atoms with Gasteiger partial charge in [-0.1, -0.05) is 66.7 Å². The highest BCUT2D eigenvalue weighted by molar-refractivity contribution is 7.90. The molecule has 12 nitrogen and oxygen atoms in total. The fourth-order valence-electron chi connectivity index (χ4n) is 6.35. The zero-order chi connectivity index (χ0) is 35.4. The molecule has 2 unspecified atom stereocenters. The molecule has 3 heterocycles. The zero-order valence-corrected chi connectivity index (χ0v) is 28.4. The second kappa shape index (κ2) is 14.5. The first-order valence-corrected chi connectivity index (χ1v) is 18.0. The number of rotatable bonds is 10. The Hall–Kier alpha value is -5.53. The van der Waals surface area contributed by atoms with Gasteiger partial charge in [0, 0.05) is 31.3 Å². The van der Waals surface area contributed by atoms with E-state index in [1.807, 2.05) is 36.4 Å². The Bertz CT molecular complexity index is 1990. The van der Waals surface area contributed by atoms with Gasteiger partial charge < -0.3 is 20.2 Å². The van der Waals surface area contributed by atoms with E-state index in [4.69, 9.17) is 4.98 Å². The fraction of sp³-hybridized carbons (Fsp3) is 0.243. The third-order valence-corrected chi connectivity index (χ3v) is 9.90. The van der Waals surface area contributed by atoms with Gasteiger partial charge >= 0.3 is 6.03 Å². The third kappa shape index (κ3) is 7.53. The number of nitrogens with one attached hydrogen (secondary N) is 1. The Labute approximate surface area is 291 Å². The van der Waals surface area contributed by atoms with Gasteiger partial charge in [0.15, 0.2) is 9.84 Å². The average Bonchev–Trinajstić information content (AvgIpc) is 3.10. The fourth-order valence-corrected chi connectivity index (χ4v) is 6.98. The topological polar surface area (TPSA) is 143 Å². The first kappa shape index (κ1) is 34.3. The third-order valence-electron chi connectivity index (χ3n) is 8.77. The van der Waals surface area contributed by atoms with Crippen molar-refractivity contribution < 1.29 is 27.9 Å². The molecule has 258 valence electrons. The van der Waals surface area contributed by atoms with Crippen molar-refractivity contribution >= 4 is 27.7 Å². The quantitative estimate of drug-likeness (QED) is 0.240. The van der Waals surface area contributed by atoms with E-state index in [1.165, 1.54) is 34.2 Å². The number of urea groups is 1. The molecule has 2 saturated heterocycles. The Kier molecular flexibility index (Phi) is 9.98. The van der Waals surface area contributed by atoms with Crippen molar-refractivity contribution in [1.82, 2.24) is 30.1 Å². The van der Waals surface area contributed by atoms with Gasteiger partial charge in [-0.25, -0.2) is 23.2 Å². The lowest BCUT2D eigenvalue weighted by atomic mass is 9.98. The number of fused-ring (bicyclic) bond motifs is 1. The predicted molar refractivity (Wildman–Crippen MR) is 187 cm³/mol. The Morgan fingerprint density at radius 2 is 1.68 bits per heavy atom. The summed E-state index contributed by atoms with van der Waals surface area (Å²) in [4.78, 5) is 50.3. The summed E-state index contributed by atoms with van der Waals surface area (Å²) in [5.74, 6) is -0.511. The molecule has 0 radical (unpaired) electrons. The number of benzene rings is 3. The van der Waals surface area contributed by atoms with Crippen LogP contribution in [0.4, 0.5) is 4.79 Å². The maximum Gasteiger partial charge on any atom is 0.334 e. The van der Waals surface area contributed by atoms with Gasteiger partial charge in [-0.05, 0) is 47.5 Å². The highest BCUT2D eigenvalue weighted by Crippen LogP contribution is 2.30. The van der Waals surface area contributed by atoms with Crippen LogP contribution in [0.3, 0.4) is 0 Å². The van der Waals surface area contributed by atoms with Crippen LogP contribution in [0.25, 0.3) is 11.3 Å². The van der Waals surface area contributed by atoms with E-state index < -0.39 is 28.1 Å². The molecule has 0 saturated carbocycles. The second-order valence-electron chi connectivity index (χ2n) is 12.3. The van der Waals surface area contributed by atoms with Crippen molar-refractivity contribution in [3.8, 4) is 17.0 Å². The van der Waals surface area contributed by atoms with Gasteiger partial charge in [0.05, 0.1) is 35.9 Å². The van der Waals surface area contributed by atoms with Crippen LogP contribution in [0.15, 0.2) is 115 Å². The molecule has 6 rings (SSSR count). The summed E-state index contributed by atoms with van der Waals surface area (Å²) < 4.78 is 23.9. The molecule has 4 aromatic rings. The molecule has 0 aliphatic carbocycles. The van der Waals surface area contributed by atoms with Crippen molar-refractivity contribution in [2.24, 2.45) is 0 Å². The number of aromatic hydroxyl groups is 1. The van der Waals surface area contributed by atoms with E-state index >= 15 is 0 Å². The number of amides is 4. The highest BCUT2D eigenvalue weighted by atomic mass is 32.2. The highest BCUT2D eigenvalue weighted by Gasteiger charge is 2.51. The maximum absolute atomic E-state index is 14.3. The summed E-state index contributed by atoms with van der Waals surface area (Å²) in [5, 5.41) is 16.0. The average molecular weight is 695 g/mol. The van der Waals surface area contributed by atoms with Crippen LogP contribution in [-0.2, 0) is 38.9 Å². The first-order chi connectivity index (χ1) is 24.0. The standard InChI is InChI=1S/C37H38N6O6S/c1-3-20-41-25-35(45)42-33(21-26-12-16-30(44)17-13-26)36(46)40(24-34(42)43(41)37(47)38-22-27-8-5-4-6-9-27)23-29-10-7-11-32(39-29)28-14-18-31(19-15-28)50(2,48)49/h3-19,33-34,44H,1,20-25H2,2H3,(H,38,47). The number of phenolic OH excluding ortho intramolecular Hbond substituents is 1. The SMILES string of the molecule is C=CCN1CC(=O)N2C(Cc3ccc(O)cc3)C(=O)N(Cc3cccc(-c4ccc(S(C)(=O)=O)cc4)n3)CC2N1C(=O)NCc1ccccc1. The second-order valence-corrected chi connectivity index (χ2v) is 14.3. The monoisotopic (exact) mass is 694 g/mol. The number of sulfone groups is 1. The van der Waals surface area contributed by atoms with E-state index in [-0.39, 0.29) is 61.6 Å². The summed E-state index contributed by atoms with van der Waals surface area (Å²) in [6, 6.07) is 26.5. The van der Waals surface area contributed by atoms with Gasteiger partial charge in [0.25, 0.3) is 0 Å². The molecule has 0 bridgehead atoms. The molecular weight excluding hydrogens is 657 g/mol. The van der Waals surface area contributed by atoms with E-state index in [2.05, 4.69) is 11.9 Å². The summed E-state index contributed by atoms with van der Waals surface area (Å²) in [6.07, 6.45) is 2.10. The normalized spacial score (nSPS) is 18.1. The summed E-state index contributed by atoms with van der Waals surface area (Å²) in [5.41, 5.74) is 3.52. The Balaban J connectivity index is 1.33. The molecule has 3 aromatic carbocycles. The van der Waals surface area contributed by atoms with Gasteiger partial charge in [0.2, 0.25) is 11.8 Å². The zero-order valence-electron chi connectivity index (χ0n) is 27.6. The molecule has 4 amide bonds. The van der Waals surface area contributed by atoms with Crippen LogP contribution >= 0.6 is 0 Å². The largest absolute Gasteiger partial charge is 0.508 e. The van der Waals surface area contributed by atoms with Crippen LogP contribution < -0.4 is 5.32 Å². The van der Waals surface area contributed by atoms with Crippen molar-refractivity contribution in [2.75, 3.05) is 25.9 Å². The number of pyridine rings is 1. The smallest absolute Gasteiger partial charge is 0.334 e. The van der Waals surface area contributed by atoms with E-state index in [9.17, 15) is 27.9 Å². The van der Waals surface area contributed by atoms with Gasteiger partial charge in [-0.3, -0.25) is 14.6 Å². The lowest BCUT2D eigenvalue weighted by molar-refractivity contribution is -0.189. The van der Waals surface area contributed by atoms with Crippen LogP contribution in [0.2, 0.25) is 0 Å². The minimum absolute atomic E-state index is 0.0258. The molecule has 2 atom stereocenters. The molecule has 2 fully saturated rings. The van der Waals surface area contributed by atoms with E-state index in [0.717, 1.165) is 17.4 Å². The maximum atomic E-state index is 14.3. The number of piperazine rings is 1. The Morgan fingerprint density at radius 1 is 0.960 bits per heavy atom. The molecule has 50 heavy (non-hydrogen) atoms. The predicted octanol–water partition coefficient (Wildman–Crippen LogP) is 3.59. The van der Waals surface area contributed by atoms with Crippen LogP contribution in [0, 0.1) is 0 Å². The number of carbonyl (C=O) groups excluding carboxylic acids is 3. The van der Waals surface area contributed by atoms with Gasteiger partial charge in [-0.2, -0.15) is 0 Å². The van der Waals surface area contributed by atoms with Crippen LogP contribution in [0.1, 0.15) is 16.8 Å². The minimum atomic E-state index is -3.36. The Morgan fingerprint density at radius 3 is 2.36 bits per heavy atom. The van der Waals surface area contributed by atoms with Crippen molar-refractivity contribution in [2.45, 2.75) is 36.6 Å². The number of hydrazine groups is 1. The molecule has 2 aliphatic heterocycles. The molecule has 13 heteroatoms. The number of phenols is 1. The van der Waals surface area contributed by atoms with E-state index in [1.54, 1.807) is 52.4 Å². The van der Waals surface area contributed by atoms with Crippen molar-refractivity contribution in [1.29, 1.82) is 0 Å². The van der Waals surface area contributed by atoms with Gasteiger partial charge in [-0.15, -0.1) is 6.58 Å². The van der Waals surface area contributed by atoms with Gasteiger partial charge in [0.1, 0.15) is 18.0 Å². The summed E-state index contributed by atoms with van der Waals surface area (Å²) >= 11 is 0. The lowest BCUT2D eigenvalue weighted by Gasteiger charge is -2.55. The first-order valence-electron chi connectivity index (χ1n) is 16.1. The molecule has 0 spiro atoms. The molecule has 1 aromatic heterocycles. The lowest BCUT2D eigenvalue weighted by Crippen LogP contribution is -2.76. The van der Waals surface area contributed by atoms with E-state index in [0.29, 0.717) is 17.0 Å². The van der Waals surface area contributed by atoms with Crippen LogP contribution in [-0.4, -0.2) is 94.3 Å². The number of hydrogen-bond acceptors (Lipinski definition) is 8.